The van der Waals surface area contributed by atoms with Gasteiger partial charge in [0.25, 0.3) is 0 Å². The van der Waals surface area contributed by atoms with E-state index in [9.17, 15) is 9.70 Å². The van der Waals surface area contributed by atoms with Crippen molar-refractivity contribution >= 4 is 5.97 Å². The number of aliphatic hydroxyl groups excluding tert-OH is 1. The van der Waals surface area contributed by atoms with Crippen molar-refractivity contribution in [3.8, 4) is 0 Å². The zero-order valence-electron chi connectivity index (χ0n) is 6.80. The monoisotopic (exact) mass is 176 g/mol. The molecule has 0 aromatic rings. The van der Waals surface area contributed by atoms with E-state index in [0.717, 1.165) is 5.01 Å². The molecule has 70 valence electrons. The minimum absolute atomic E-state index is 0.0354. The van der Waals surface area contributed by atoms with E-state index in [-0.39, 0.29) is 13.0 Å². The fourth-order valence-corrected chi connectivity index (χ4v) is 0.730. The highest BCUT2D eigenvalue weighted by Gasteiger charge is 2.12. The summed E-state index contributed by atoms with van der Waals surface area (Å²) in [5.41, 5.74) is 0. The van der Waals surface area contributed by atoms with E-state index in [4.69, 9.17) is 10.2 Å². The minimum Gasteiger partial charge on any atom is -0.481 e. The van der Waals surface area contributed by atoms with Crippen molar-refractivity contribution in [2.24, 2.45) is 5.29 Å². The maximum atomic E-state index is 10.1. The van der Waals surface area contributed by atoms with Gasteiger partial charge in [-0.25, -0.2) is 0 Å². The highest BCUT2D eigenvalue weighted by atomic mass is 16.4. The Morgan fingerprint density at radius 2 is 2.25 bits per heavy atom. The third-order valence-corrected chi connectivity index (χ3v) is 1.31. The summed E-state index contributed by atoms with van der Waals surface area (Å²) in [6, 6.07) is 0. The zero-order valence-corrected chi connectivity index (χ0v) is 6.80. The molecule has 0 aliphatic heterocycles. The van der Waals surface area contributed by atoms with Gasteiger partial charge in [-0.2, -0.15) is 0 Å². The van der Waals surface area contributed by atoms with Gasteiger partial charge in [-0.05, 0) is 6.92 Å². The van der Waals surface area contributed by atoms with Crippen molar-refractivity contribution in [3.05, 3.63) is 4.91 Å². The molecule has 6 heteroatoms. The Balaban J connectivity index is 3.73. The molecule has 0 radical (unpaired) electrons. The average molecular weight is 176 g/mol. The molecule has 0 aromatic carbocycles. The third kappa shape index (κ3) is 4.62. The summed E-state index contributed by atoms with van der Waals surface area (Å²) in [5.74, 6) is -1.09. The molecule has 0 heterocycles. The second-order valence-electron chi connectivity index (χ2n) is 2.34. The van der Waals surface area contributed by atoms with Gasteiger partial charge in [0.2, 0.25) is 0 Å². The number of rotatable bonds is 6. The zero-order chi connectivity index (χ0) is 9.56. The number of nitrogens with zero attached hydrogens (tertiary/aromatic N) is 2. The second-order valence-corrected chi connectivity index (χ2v) is 2.34. The first-order chi connectivity index (χ1) is 5.60. The number of nitroso groups, excluding NO2 is 1. The van der Waals surface area contributed by atoms with Crippen LogP contribution < -0.4 is 0 Å². The summed E-state index contributed by atoms with van der Waals surface area (Å²) >= 11 is 0. The fourth-order valence-electron chi connectivity index (χ4n) is 0.730. The molecule has 0 aliphatic carbocycles. The molecule has 0 saturated carbocycles. The lowest BCUT2D eigenvalue weighted by Gasteiger charge is -2.15. The third-order valence-electron chi connectivity index (χ3n) is 1.31. The first-order valence-corrected chi connectivity index (χ1v) is 3.58. The molecule has 6 nitrogen and oxygen atoms in total. The quantitative estimate of drug-likeness (QED) is 0.433. The van der Waals surface area contributed by atoms with Crippen molar-refractivity contribution in [1.82, 2.24) is 5.01 Å². The van der Waals surface area contributed by atoms with Crippen LogP contribution in [0.3, 0.4) is 0 Å². The molecule has 0 saturated heterocycles. The van der Waals surface area contributed by atoms with Crippen molar-refractivity contribution < 1.29 is 15.0 Å². The Morgan fingerprint density at radius 3 is 2.58 bits per heavy atom. The average Bonchev–Trinajstić information content (AvgIpc) is 1.98. The number of aliphatic hydroxyl groups is 1. The molecule has 1 atom stereocenters. The topological polar surface area (TPSA) is 90.2 Å². The van der Waals surface area contributed by atoms with Crippen molar-refractivity contribution in [2.45, 2.75) is 19.4 Å². The standard InChI is InChI=1S/C6H12N2O4/c1-2-8(7-12)4-5(9)3-6(10)11/h5,9H,2-4H2,1H3,(H,10,11). The molecule has 0 fully saturated rings. The Bertz CT molecular complexity index is 162. The SMILES string of the molecule is CCN(CC(O)CC(=O)O)N=O. The predicted octanol–water partition coefficient (Wildman–Crippen LogP) is -0.175. The lowest BCUT2D eigenvalue weighted by Crippen LogP contribution is -2.29. The van der Waals surface area contributed by atoms with Gasteiger partial charge in [0.1, 0.15) is 0 Å². The molecule has 0 rings (SSSR count). The number of carbonyl (C=O) groups is 1. The van der Waals surface area contributed by atoms with E-state index >= 15 is 0 Å². The maximum Gasteiger partial charge on any atom is 0.306 e. The lowest BCUT2D eigenvalue weighted by atomic mass is 10.2. The van der Waals surface area contributed by atoms with Gasteiger partial charge < -0.3 is 10.2 Å². The van der Waals surface area contributed by atoms with Gasteiger partial charge >= 0.3 is 5.97 Å². The first kappa shape index (κ1) is 10.8. The Labute approximate surface area is 69.7 Å². The van der Waals surface area contributed by atoms with Crippen LogP contribution in [0.15, 0.2) is 5.29 Å². The summed E-state index contributed by atoms with van der Waals surface area (Å²) < 4.78 is 0. The van der Waals surface area contributed by atoms with Crippen molar-refractivity contribution in [2.75, 3.05) is 13.1 Å². The molecule has 0 spiro atoms. The summed E-state index contributed by atoms with van der Waals surface area (Å²) in [6.07, 6.45) is -1.41. The minimum atomic E-state index is -1.09. The molecule has 0 bridgehead atoms. The number of carboxylic acid groups (broad SMARTS) is 1. The van der Waals surface area contributed by atoms with Gasteiger partial charge in [-0.1, -0.05) is 0 Å². The Morgan fingerprint density at radius 1 is 1.67 bits per heavy atom. The van der Waals surface area contributed by atoms with Crippen LogP contribution in [0.4, 0.5) is 0 Å². The van der Waals surface area contributed by atoms with Crippen LogP contribution in [0, 0.1) is 4.91 Å². The van der Waals surface area contributed by atoms with Crippen LogP contribution in [-0.2, 0) is 4.79 Å². The molecular formula is C6H12N2O4. The van der Waals surface area contributed by atoms with E-state index in [1.807, 2.05) is 0 Å². The van der Waals surface area contributed by atoms with Gasteiger partial charge in [-0.15, -0.1) is 4.91 Å². The van der Waals surface area contributed by atoms with E-state index in [1.165, 1.54) is 0 Å². The smallest absolute Gasteiger partial charge is 0.306 e. The predicted molar refractivity (Wildman–Crippen MR) is 41.3 cm³/mol. The van der Waals surface area contributed by atoms with Crippen LogP contribution >= 0.6 is 0 Å². The highest BCUT2D eigenvalue weighted by molar-refractivity contribution is 5.67. The van der Waals surface area contributed by atoms with E-state index in [1.54, 1.807) is 6.92 Å². The number of aliphatic carboxylic acids is 1. The van der Waals surface area contributed by atoms with Crippen LogP contribution in [0.5, 0.6) is 0 Å². The number of carboxylic acids is 1. The number of hydrogen-bond acceptors (Lipinski definition) is 4. The number of likely N-dealkylation sites (N-methyl/N-ethyl adjacent to an activating group) is 1. The largest absolute Gasteiger partial charge is 0.481 e. The van der Waals surface area contributed by atoms with Gasteiger partial charge in [0.15, 0.2) is 0 Å². The molecule has 12 heavy (non-hydrogen) atoms. The molecule has 0 amide bonds. The lowest BCUT2D eigenvalue weighted by molar-refractivity contribution is -0.139. The normalized spacial score (nSPS) is 12.2. The van der Waals surface area contributed by atoms with Gasteiger partial charge in [0.05, 0.1) is 24.4 Å². The van der Waals surface area contributed by atoms with Crippen molar-refractivity contribution in [3.63, 3.8) is 0 Å². The van der Waals surface area contributed by atoms with E-state index in [2.05, 4.69) is 5.29 Å². The first-order valence-electron chi connectivity index (χ1n) is 3.58. The second kappa shape index (κ2) is 5.48. The molecule has 0 aliphatic rings. The summed E-state index contributed by atoms with van der Waals surface area (Å²) in [7, 11) is 0. The van der Waals surface area contributed by atoms with Crippen LogP contribution in [-0.4, -0.2) is 40.4 Å². The molecule has 1 unspecified atom stereocenters. The fraction of sp³-hybridized carbons (Fsp3) is 0.833. The Kier molecular flexibility index (Phi) is 4.94. The van der Waals surface area contributed by atoms with E-state index < -0.39 is 12.1 Å². The maximum absolute atomic E-state index is 10.1. The van der Waals surface area contributed by atoms with Crippen molar-refractivity contribution in [1.29, 1.82) is 0 Å². The molecular weight excluding hydrogens is 164 g/mol. The molecule has 0 aromatic heterocycles. The van der Waals surface area contributed by atoms with Gasteiger partial charge in [0, 0.05) is 6.54 Å². The van der Waals surface area contributed by atoms with Crippen LogP contribution in [0.25, 0.3) is 0 Å². The summed E-state index contributed by atoms with van der Waals surface area (Å²) in [5, 5.41) is 20.9. The van der Waals surface area contributed by atoms with Crippen LogP contribution in [0.2, 0.25) is 0 Å². The molecule has 2 N–H and O–H groups in total. The number of hydrogen-bond donors (Lipinski definition) is 2. The van der Waals surface area contributed by atoms with Gasteiger partial charge in [-0.3, -0.25) is 9.80 Å². The van der Waals surface area contributed by atoms with Crippen LogP contribution in [0.1, 0.15) is 13.3 Å². The highest BCUT2D eigenvalue weighted by Crippen LogP contribution is 1.96. The van der Waals surface area contributed by atoms with E-state index in [0.29, 0.717) is 6.54 Å². The summed E-state index contributed by atoms with van der Waals surface area (Å²) in [6.45, 7) is 2.02. The Hall–Kier alpha value is -1.17. The summed E-state index contributed by atoms with van der Waals surface area (Å²) in [4.78, 5) is 20.1.